The lowest BCUT2D eigenvalue weighted by Gasteiger charge is -2.36. The van der Waals surface area contributed by atoms with E-state index in [-0.39, 0.29) is 5.91 Å². The van der Waals surface area contributed by atoms with E-state index in [0.29, 0.717) is 37.6 Å². The fourth-order valence-electron chi connectivity index (χ4n) is 3.62. The smallest absolute Gasteiger partial charge is 0.415 e. The second-order valence-electron chi connectivity index (χ2n) is 7.10. The van der Waals surface area contributed by atoms with Gasteiger partial charge in [0.15, 0.2) is 0 Å². The van der Waals surface area contributed by atoms with E-state index in [2.05, 4.69) is 27.9 Å². The summed E-state index contributed by atoms with van der Waals surface area (Å²) in [5.41, 5.74) is 2.82. The molecule has 2 aliphatic heterocycles. The molecule has 0 unspecified atom stereocenters. The molecule has 0 radical (unpaired) electrons. The molecule has 8 heteroatoms. The monoisotopic (exact) mass is 381 g/mol. The van der Waals surface area contributed by atoms with Crippen molar-refractivity contribution in [3.8, 4) is 0 Å². The summed E-state index contributed by atoms with van der Waals surface area (Å²) in [7, 11) is 0. The lowest BCUT2D eigenvalue weighted by molar-refractivity contribution is 0.0746. The number of anilines is 2. The Balaban J connectivity index is 1.39. The maximum Gasteiger partial charge on any atom is 0.415 e. The van der Waals surface area contributed by atoms with Crippen LogP contribution in [0.2, 0.25) is 0 Å². The Hall–Kier alpha value is -3.16. The number of pyridine rings is 2. The SMILES string of the molecule is Cc1cnc(N2CCN(C(=O)c3ccc(N4CCOC4=O)nc3)CC2)c(C)c1. The number of hydrogen-bond acceptors (Lipinski definition) is 6. The largest absolute Gasteiger partial charge is 0.447 e. The molecule has 4 rings (SSSR count). The number of aryl methyl sites for hydroxylation is 2. The van der Waals surface area contributed by atoms with Crippen LogP contribution in [0.25, 0.3) is 0 Å². The fourth-order valence-corrected chi connectivity index (χ4v) is 3.62. The van der Waals surface area contributed by atoms with Gasteiger partial charge in [-0.25, -0.2) is 14.8 Å². The molecule has 2 saturated heterocycles. The summed E-state index contributed by atoms with van der Waals surface area (Å²) < 4.78 is 4.92. The minimum atomic E-state index is -0.400. The van der Waals surface area contributed by atoms with Crippen LogP contribution in [-0.2, 0) is 4.74 Å². The second kappa shape index (κ2) is 7.46. The van der Waals surface area contributed by atoms with Crippen LogP contribution in [0.3, 0.4) is 0 Å². The quantitative estimate of drug-likeness (QED) is 0.809. The number of ether oxygens (including phenoxy) is 1. The molecule has 4 heterocycles. The zero-order valence-electron chi connectivity index (χ0n) is 16.1. The second-order valence-corrected chi connectivity index (χ2v) is 7.10. The van der Waals surface area contributed by atoms with Crippen molar-refractivity contribution >= 4 is 23.6 Å². The number of aromatic nitrogens is 2. The Labute approximate surface area is 163 Å². The van der Waals surface area contributed by atoms with Gasteiger partial charge in [0.2, 0.25) is 0 Å². The van der Waals surface area contributed by atoms with Crippen molar-refractivity contribution < 1.29 is 14.3 Å². The van der Waals surface area contributed by atoms with Crippen LogP contribution in [0, 0.1) is 13.8 Å². The van der Waals surface area contributed by atoms with Crippen molar-refractivity contribution in [3.05, 3.63) is 47.3 Å². The van der Waals surface area contributed by atoms with Gasteiger partial charge in [-0.2, -0.15) is 0 Å². The van der Waals surface area contributed by atoms with E-state index < -0.39 is 6.09 Å². The highest BCUT2D eigenvalue weighted by Crippen LogP contribution is 2.21. The Kier molecular flexibility index (Phi) is 4.85. The molecular formula is C20H23N5O3. The van der Waals surface area contributed by atoms with Crippen LogP contribution in [0.5, 0.6) is 0 Å². The molecule has 0 aliphatic carbocycles. The predicted molar refractivity (Wildman–Crippen MR) is 105 cm³/mol. The molecule has 2 aromatic heterocycles. The van der Waals surface area contributed by atoms with Crippen molar-refractivity contribution in [1.82, 2.24) is 14.9 Å². The van der Waals surface area contributed by atoms with Gasteiger partial charge >= 0.3 is 6.09 Å². The zero-order valence-corrected chi connectivity index (χ0v) is 16.1. The number of carbonyl (C=O) groups is 2. The van der Waals surface area contributed by atoms with E-state index >= 15 is 0 Å². The van der Waals surface area contributed by atoms with Crippen molar-refractivity contribution in [2.45, 2.75) is 13.8 Å². The minimum Gasteiger partial charge on any atom is -0.447 e. The van der Waals surface area contributed by atoms with Crippen LogP contribution < -0.4 is 9.80 Å². The molecule has 2 aliphatic rings. The molecule has 8 nitrogen and oxygen atoms in total. The number of rotatable bonds is 3. The first kappa shape index (κ1) is 18.2. The number of amides is 2. The van der Waals surface area contributed by atoms with Crippen LogP contribution in [0.15, 0.2) is 30.6 Å². The normalized spacial score (nSPS) is 17.1. The molecule has 146 valence electrons. The Morgan fingerprint density at radius 2 is 1.82 bits per heavy atom. The standard InChI is InChI=1S/C20H23N5O3/c1-14-11-15(2)18(22-12-14)23-5-7-24(8-6-23)19(26)16-3-4-17(21-13-16)25-9-10-28-20(25)27/h3-4,11-13H,5-10H2,1-2H3. The zero-order chi connectivity index (χ0) is 19.7. The van der Waals surface area contributed by atoms with E-state index in [0.717, 1.165) is 30.0 Å². The average molecular weight is 381 g/mol. The Morgan fingerprint density at radius 1 is 1.04 bits per heavy atom. The van der Waals surface area contributed by atoms with Crippen LogP contribution in [0.1, 0.15) is 21.5 Å². The summed E-state index contributed by atoms with van der Waals surface area (Å²) in [5.74, 6) is 1.45. The summed E-state index contributed by atoms with van der Waals surface area (Å²) in [6, 6.07) is 5.53. The average Bonchev–Trinajstić information content (AvgIpc) is 3.14. The number of piperazine rings is 1. The summed E-state index contributed by atoms with van der Waals surface area (Å²) in [4.78, 5) is 38.7. The summed E-state index contributed by atoms with van der Waals surface area (Å²) in [5, 5.41) is 0. The molecule has 0 saturated carbocycles. The van der Waals surface area contributed by atoms with Gasteiger partial charge in [0.25, 0.3) is 5.91 Å². The molecule has 2 aromatic rings. The van der Waals surface area contributed by atoms with E-state index in [1.165, 1.54) is 11.1 Å². The molecule has 28 heavy (non-hydrogen) atoms. The molecule has 2 fully saturated rings. The van der Waals surface area contributed by atoms with Crippen molar-refractivity contribution in [2.75, 3.05) is 49.1 Å². The summed E-state index contributed by atoms with van der Waals surface area (Å²) in [6.07, 6.45) is 3.01. The summed E-state index contributed by atoms with van der Waals surface area (Å²) in [6.45, 7) is 7.69. The first-order chi connectivity index (χ1) is 13.5. The predicted octanol–water partition coefficient (Wildman–Crippen LogP) is 2.01. The fraction of sp³-hybridized carbons (Fsp3) is 0.400. The van der Waals surface area contributed by atoms with Crippen molar-refractivity contribution in [1.29, 1.82) is 0 Å². The van der Waals surface area contributed by atoms with Crippen LogP contribution in [0.4, 0.5) is 16.4 Å². The maximum absolute atomic E-state index is 12.8. The number of cyclic esters (lactones) is 1. The molecule has 0 spiro atoms. The van der Waals surface area contributed by atoms with Gasteiger partial charge in [0.05, 0.1) is 12.1 Å². The van der Waals surface area contributed by atoms with E-state index in [4.69, 9.17) is 4.74 Å². The van der Waals surface area contributed by atoms with E-state index in [9.17, 15) is 9.59 Å². The van der Waals surface area contributed by atoms with Crippen LogP contribution >= 0.6 is 0 Å². The van der Waals surface area contributed by atoms with Gasteiger partial charge in [-0.1, -0.05) is 6.07 Å². The van der Waals surface area contributed by atoms with E-state index in [1.54, 1.807) is 12.1 Å². The topological polar surface area (TPSA) is 78.9 Å². The highest BCUT2D eigenvalue weighted by molar-refractivity contribution is 5.95. The first-order valence-corrected chi connectivity index (χ1v) is 9.41. The molecule has 0 aromatic carbocycles. The number of nitrogens with zero attached hydrogens (tertiary/aromatic N) is 5. The lowest BCUT2D eigenvalue weighted by atomic mass is 10.2. The maximum atomic E-state index is 12.8. The van der Waals surface area contributed by atoms with Crippen LogP contribution in [-0.4, -0.2) is 66.2 Å². The molecule has 0 atom stereocenters. The van der Waals surface area contributed by atoms with Crippen molar-refractivity contribution in [2.24, 2.45) is 0 Å². The first-order valence-electron chi connectivity index (χ1n) is 9.41. The lowest BCUT2D eigenvalue weighted by Crippen LogP contribution is -2.49. The molecule has 0 bridgehead atoms. The number of hydrogen-bond donors (Lipinski definition) is 0. The Bertz CT molecular complexity index is 891. The van der Waals surface area contributed by atoms with Gasteiger partial charge in [0.1, 0.15) is 18.2 Å². The number of carbonyl (C=O) groups excluding carboxylic acids is 2. The van der Waals surface area contributed by atoms with Gasteiger partial charge in [-0.3, -0.25) is 9.69 Å². The van der Waals surface area contributed by atoms with Gasteiger partial charge in [-0.05, 0) is 37.1 Å². The third kappa shape index (κ3) is 3.49. The Morgan fingerprint density at radius 3 is 2.43 bits per heavy atom. The molecule has 2 amide bonds. The minimum absolute atomic E-state index is 0.0451. The third-order valence-electron chi connectivity index (χ3n) is 5.09. The van der Waals surface area contributed by atoms with Crippen molar-refractivity contribution in [3.63, 3.8) is 0 Å². The highest BCUT2D eigenvalue weighted by atomic mass is 16.6. The van der Waals surface area contributed by atoms with Gasteiger partial charge < -0.3 is 14.5 Å². The van der Waals surface area contributed by atoms with E-state index in [1.807, 2.05) is 18.0 Å². The third-order valence-corrected chi connectivity index (χ3v) is 5.09. The van der Waals surface area contributed by atoms with Gasteiger partial charge in [-0.15, -0.1) is 0 Å². The molecular weight excluding hydrogens is 358 g/mol. The summed E-state index contributed by atoms with van der Waals surface area (Å²) >= 11 is 0. The highest BCUT2D eigenvalue weighted by Gasteiger charge is 2.26. The van der Waals surface area contributed by atoms with Gasteiger partial charge in [0, 0.05) is 38.6 Å². The molecule has 0 N–H and O–H groups in total.